The fourth-order valence-electron chi connectivity index (χ4n) is 4.00. The van der Waals surface area contributed by atoms with E-state index in [4.69, 9.17) is 4.74 Å². The molecule has 0 N–H and O–H groups in total. The third-order valence-electron chi connectivity index (χ3n) is 5.46. The van der Waals surface area contributed by atoms with E-state index in [9.17, 15) is 4.79 Å². The second-order valence-corrected chi connectivity index (χ2v) is 7.05. The predicted octanol–water partition coefficient (Wildman–Crippen LogP) is 2.50. The Morgan fingerprint density at radius 2 is 1.77 bits per heavy atom. The SMILES string of the molecule is COc1ccc(N2CCN(C(=O)c3c(C)nc4n3CCCC4)CC2)cc1. The number of imidazole rings is 1. The van der Waals surface area contributed by atoms with E-state index in [2.05, 4.69) is 26.6 Å². The van der Waals surface area contributed by atoms with Gasteiger partial charge < -0.3 is 19.1 Å². The van der Waals surface area contributed by atoms with Crippen molar-refractivity contribution in [2.45, 2.75) is 32.7 Å². The summed E-state index contributed by atoms with van der Waals surface area (Å²) in [6.07, 6.45) is 3.29. The Labute approximate surface area is 154 Å². The molecule has 1 aromatic carbocycles. The number of hydrogen-bond acceptors (Lipinski definition) is 4. The summed E-state index contributed by atoms with van der Waals surface area (Å²) < 4.78 is 7.37. The molecule has 1 amide bonds. The summed E-state index contributed by atoms with van der Waals surface area (Å²) in [5.74, 6) is 2.08. The van der Waals surface area contributed by atoms with Gasteiger partial charge in [-0.15, -0.1) is 0 Å². The van der Waals surface area contributed by atoms with Crippen LogP contribution in [-0.2, 0) is 13.0 Å². The van der Waals surface area contributed by atoms with Gasteiger partial charge in [0.25, 0.3) is 5.91 Å². The third kappa shape index (κ3) is 3.04. The van der Waals surface area contributed by atoms with E-state index in [1.165, 1.54) is 12.1 Å². The normalized spacial score (nSPS) is 17.2. The van der Waals surface area contributed by atoms with Gasteiger partial charge in [0.1, 0.15) is 17.3 Å². The maximum absolute atomic E-state index is 13.1. The number of carbonyl (C=O) groups is 1. The average molecular weight is 354 g/mol. The highest BCUT2D eigenvalue weighted by Gasteiger charge is 2.28. The summed E-state index contributed by atoms with van der Waals surface area (Å²) in [7, 11) is 1.68. The molecule has 0 bridgehead atoms. The Morgan fingerprint density at radius 1 is 1.04 bits per heavy atom. The lowest BCUT2D eigenvalue weighted by Gasteiger charge is -2.36. The summed E-state index contributed by atoms with van der Waals surface area (Å²) >= 11 is 0. The number of ether oxygens (including phenoxy) is 1. The summed E-state index contributed by atoms with van der Waals surface area (Å²) in [6, 6.07) is 8.12. The molecule has 0 aliphatic carbocycles. The van der Waals surface area contributed by atoms with Crippen molar-refractivity contribution in [1.82, 2.24) is 14.5 Å². The van der Waals surface area contributed by atoms with E-state index in [1.807, 2.05) is 24.0 Å². The molecule has 2 aliphatic rings. The number of aryl methyl sites for hydroxylation is 2. The Morgan fingerprint density at radius 3 is 2.46 bits per heavy atom. The largest absolute Gasteiger partial charge is 0.497 e. The van der Waals surface area contributed by atoms with Gasteiger partial charge in [0, 0.05) is 44.8 Å². The number of amides is 1. The second-order valence-electron chi connectivity index (χ2n) is 7.05. The molecule has 0 spiro atoms. The Kier molecular flexibility index (Phi) is 4.57. The number of piperazine rings is 1. The number of methoxy groups -OCH3 is 1. The van der Waals surface area contributed by atoms with Crippen molar-refractivity contribution in [3.63, 3.8) is 0 Å². The van der Waals surface area contributed by atoms with Crippen LogP contribution in [0.5, 0.6) is 5.75 Å². The fraction of sp³-hybridized carbons (Fsp3) is 0.500. The van der Waals surface area contributed by atoms with Crippen LogP contribution >= 0.6 is 0 Å². The van der Waals surface area contributed by atoms with Crippen LogP contribution in [0.4, 0.5) is 5.69 Å². The van der Waals surface area contributed by atoms with Gasteiger partial charge in [0.05, 0.1) is 12.8 Å². The minimum absolute atomic E-state index is 0.137. The molecule has 0 saturated carbocycles. The van der Waals surface area contributed by atoms with E-state index in [-0.39, 0.29) is 5.91 Å². The number of aromatic nitrogens is 2. The van der Waals surface area contributed by atoms with Crippen LogP contribution < -0.4 is 9.64 Å². The Balaban J connectivity index is 1.44. The number of hydrogen-bond donors (Lipinski definition) is 0. The minimum atomic E-state index is 0.137. The Hall–Kier alpha value is -2.50. The first-order valence-electron chi connectivity index (χ1n) is 9.41. The van der Waals surface area contributed by atoms with Gasteiger partial charge >= 0.3 is 0 Å². The molecule has 3 heterocycles. The quantitative estimate of drug-likeness (QED) is 0.850. The van der Waals surface area contributed by atoms with Crippen LogP contribution in [-0.4, -0.2) is 53.6 Å². The van der Waals surface area contributed by atoms with Gasteiger partial charge in [-0.2, -0.15) is 0 Å². The molecule has 2 aliphatic heterocycles. The van der Waals surface area contributed by atoms with Crippen molar-refractivity contribution in [3.8, 4) is 5.75 Å². The smallest absolute Gasteiger partial charge is 0.272 e. The van der Waals surface area contributed by atoms with Gasteiger partial charge in [-0.25, -0.2) is 4.98 Å². The standard InChI is InChI=1S/C20H26N4O2/c1-15-19(24-10-4-3-5-18(24)21-15)20(25)23-13-11-22(12-14-23)16-6-8-17(26-2)9-7-16/h6-9H,3-5,10-14H2,1-2H3. The third-order valence-corrected chi connectivity index (χ3v) is 5.46. The summed E-state index contributed by atoms with van der Waals surface area (Å²) in [6.45, 7) is 6.06. The van der Waals surface area contributed by atoms with Crippen molar-refractivity contribution >= 4 is 11.6 Å². The molecule has 0 unspecified atom stereocenters. The lowest BCUT2D eigenvalue weighted by molar-refractivity contribution is 0.0733. The zero-order valence-electron chi connectivity index (χ0n) is 15.6. The first-order valence-corrected chi connectivity index (χ1v) is 9.41. The number of carbonyl (C=O) groups excluding carboxylic acids is 1. The molecule has 1 fully saturated rings. The molecule has 26 heavy (non-hydrogen) atoms. The van der Waals surface area contributed by atoms with E-state index >= 15 is 0 Å². The molecule has 6 heteroatoms. The lowest BCUT2D eigenvalue weighted by atomic mass is 10.1. The van der Waals surface area contributed by atoms with Crippen molar-refractivity contribution < 1.29 is 9.53 Å². The highest BCUT2D eigenvalue weighted by molar-refractivity contribution is 5.94. The molecule has 138 valence electrons. The molecule has 0 radical (unpaired) electrons. The number of benzene rings is 1. The predicted molar refractivity (Wildman–Crippen MR) is 101 cm³/mol. The van der Waals surface area contributed by atoms with Crippen LogP contribution in [0.25, 0.3) is 0 Å². The molecule has 2 aromatic rings. The second kappa shape index (κ2) is 7.02. The maximum Gasteiger partial charge on any atom is 0.272 e. The van der Waals surface area contributed by atoms with Crippen LogP contribution in [0, 0.1) is 6.92 Å². The zero-order valence-corrected chi connectivity index (χ0v) is 15.6. The first kappa shape index (κ1) is 16.9. The highest BCUT2D eigenvalue weighted by Crippen LogP contribution is 2.23. The maximum atomic E-state index is 13.1. The topological polar surface area (TPSA) is 50.6 Å². The monoisotopic (exact) mass is 354 g/mol. The average Bonchev–Trinajstić information content (AvgIpc) is 3.03. The molecular formula is C20H26N4O2. The lowest BCUT2D eigenvalue weighted by Crippen LogP contribution is -2.49. The summed E-state index contributed by atoms with van der Waals surface area (Å²) in [5.41, 5.74) is 2.86. The van der Waals surface area contributed by atoms with Crippen LogP contribution in [0.1, 0.15) is 34.8 Å². The number of nitrogens with zero attached hydrogens (tertiary/aromatic N) is 4. The van der Waals surface area contributed by atoms with Gasteiger partial charge in [-0.1, -0.05) is 0 Å². The zero-order chi connectivity index (χ0) is 18.1. The number of fused-ring (bicyclic) bond motifs is 1. The molecule has 1 aromatic heterocycles. The minimum Gasteiger partial charge on any atom is -0.497 e. The van der Waals surface area contributed by atoms with Crippen LogP contribution in [0.3, 0.4) is 0 Å². The van der Waals surface area contributed by atoms with Gasteiger partial charge in [-0.3, -0.25) is 4.79 Å². The van der Waals surface area contributed by atoms with E-state index < -0.39 is 0 Å². The van der Waals surface area contributed by atoms with Gasteiger partial charge in [0.2, 0.25) is 0 Å². The number of anilines is 1. The van der Waals surface area contributed by atoms with Crippen LogP contribution in [0.15, 0.2) is 24.3 Å². The fourth-order valence-corrected chi connectivity index (χ4v) is 4.00. The summed E-state index contributed by atoms with van der Waals surface area (Å²) in [5, 5.41) is 0. The van der Waals surface area contributed by atoms with Crippen LogP contribution in [0.2, 0.25) is 0 Å². The van der Waals surface area contributed by atoms with Gasteiger partial charge in [0.15, 0.2) is 0 Å². The molecular weight excluding hydrogens is 328 g/mol. The first-order chi connectivity index (χ1) is 12.7. The Bertz CT molecular complexity index is 789. The van der Waals surface area contributed by atoms with Gasteiger partial charge in [-0.05, 0) is 44.0 Å². The van der Waals surface area contributed by atoms with Crippen molar-refractivity contribution in [3.05, 3.63) is 41.5 Å². The number of rotatable bonds is 3. The summed E-state index contributed by atoms with van der Waals surface area (Å²) in [4.78, 5) is 22.0. The highest BCUT2D eigenvalue weighted by atomic mass is 16.5. The van der Waals surface area contributed by atoms with Crippen molar-refractivity contribution in [2.24, 2.45) is 0 Å². The van der Waals surface area contributed by atoms with Crippen molar-refractivity contribution in [1.29, 1.82) is 0 Å². The van der Waals surface area contributed by atoms with E-state index in [0.29, 0.717) is 0 Å². The molecule has 4 rings (SSSR count). The molecule has 1 saturated heterocycles. The van der Waals surface area contributed by atoms with E-state index in [1.54, 1.807) is 7.11 Å². The van der Waals surface area contributed by atoms with E-state index in [0.717, 1.165) is 68.5 Å². The molecule has 0 atom stereocenters. The van der Waals surface area contributed by atoms with Crippen molar-refractivity contribution in [2.75, 3.05) is 38.2 Å². The molecule has 6 nitrogen and oxygen atoms in total.